The molecule has 0 aliphatic rings. The van der Waals surface area contributed by atoms with Crippen molar-refractivity contribution >= 4 is 29.1 Å². The Morgan fingerprint density at radius 1 is 1.16 bits per heavy atom. The maximum atomic E-state index is 12.0. The van der Waals surface area contributed by atoms with E-state index in [-0.39, 0.29) is 16.3 Å². The van der Waals surface area contributed by atoms with E-state index in [1.165, 1.54) is 13.0 Å². The Balaban J connectivity index is 1.93. The van der Waals surface area contributed by atoms with E-state index < -0.39 is 22.8 Å². The second-order valence-electron chi connectivity index (χ2n) is 4.94. The molecule has 2 amide bonds. The molecule has 0 aliphatic carbocycles. The summed E-state index contributed by atoms with van der Waals surface area (Å²) in [6.07, 6.45) is -0.852. The fourth-order valence-electron chi connectivity index (χ4n) is 1.85. The molecule has 8 nitrogen and oxygen atoms in total. The SMILES string of the molecule is C[C@@H](Oc1ccccc1)C(=O)NNC(=O)c1ccc([N+](=O)[O-])cc1Cl. The quantitative estimate of drug-likeness (QED) is 0.626. The molecule has 0 bridgehead atoms. The number of hydrogen-bond acceptors (Lipinski definition) is 5. The summed E-state index contributed by atoms with van der Waals surface area (Å²) in [5.41, 5.74) is 4.14. The lowest BCUT2D eigenvalue weighted by molar-refractivity contribution is -0.384. The first-order chi connectivity index (χ1) is 11.9. The summed E-state index contributed by atoms with van der Waals surface area (Å²) < 4.78 is 5.42. The van der Waals surface area contributed by atoms with Crippen molar-refractivity contribution in [2.24, 2.45) is 0 Å². The smallest absolute Gasteiger partial charge is 0.279 e. The van der Waals surface area contributed by atoms with Gasteiger partial charge in [-0.25, -0.2) is 0 Å². The highest BCUT2D eigenvalue weighted by Gasteiger charge is 2.18. The van der Waals surface area contributed by atoms with Crippen molar-refractivity contribution in [3.63, 3.8) is 0 Å². The summed E-state index contributed by atoms with van der Waals surface area (Å²) in [6.45, 7) is 1.52. The van der Waals surface area contributed by atoms with Crippen LogP contribution in [-0.2, 0) is 4.79 Å². The number of benzene rings is 2. The van der Waals surface area contributed by atoms with Crippen LogP contribution in [0.5, 0.6) is 5.75 Å². The molecule has 9 heteroatoms. The molecule has 0 saturated heterocycles. The number of nitrogens with one attached hydrogen (secondary N) is 2. The molecule has 2 N–H and O–H groups in total. The number of amides is 2. The van der Waals surface area contributed by atoms with E-state index in [0.717, 1.165) is 12.1 Å². The van der Waals surface area contributed by atoms with Crippen molar-refractivity contribution in [2.75, 3.05) is 0 Å². The third-order valence-corrected chi connectivity index (χ3v) is 3.45. The predicted molar refractivity (Wildman–Crippen MR) is 90.2 cm³/mol. The van der Waals surface area contributed by atoms with Gasteiger partial charge in [0.05, 0.1) is 15.5 Å². The first-order valence-corrected chi connectivity index (χ1v) is 7.52. The van der Waals surface area contributed by atoms with Gasteiger partial charge >= 0.3 is 0 Å². The second-order valence-corrected chi connectivity index (χ2v) is 5.34. The van der Waals surface area contributed by atoms with Crippen molar-refractivity contribution in [1.82, 2.24) is 10.9 Å². The van der Waals surface area contributed by atoms with Gasteiger partial charge in [0.25, 0.3) is 17.5 Å². The first-order valence-electron chi connectivity index (χ1n) is 7.14. The van der Waals surface area contributed by atoms with Gasteiger partial charge in [0.2, 0.25) is 0 Å². The fourth-order valence-corrected chi connectivity index (χ4v) is 2.11. The van der Waals surface area contributed by atoms with Crippen LogP contribution in [0.1, 0.15) is 17.3 Å². The van der Waals surface area contributed by atoms with Crippen LogP contribution in [0.3, 0.4) is 0 Å². The lowest BCUT2D eigenvalue weighted by Gasteiger charge is -2.15. The van der Waals surface area contributed by atoms with E-state index in [1.807, 2.05) is 6.07 Å². The van der Waals surface area contributed by atoms with Gasteiger partial charge in [-0.1, -0.05) is 29.8 Å². The number of nitro benzene ring substituents is 1. The zero-order valence-electron chi connectivity index (χ0n) is 13.1. The monoisotopic (exact) mass is 363 g/mol. The van der Waals surface area contributed by atoms with E-state index in [2.05, 4.69) is 10.9 Å². The third kappa shape index (κ3) is 4.92. The van der Waals surface area contributed by atoms with E-state index >= 15 is 0 Å². The van der Waals surface area contributed by atoms with Crippen LogP contribution >= 0.6 is 11.6 Å². The van der Waals surface area contributed by atoms with Crippen LogP contribution in [0.4, 0.5) is 5.69 Å². The molecule has 2 rings (SSSR count). The van der Waals surface area contributed by atoms with Crippen molar-refractivity contribution in [2.45, 2.75) is 13.0 Å². The molecule has 0 fully saturated rings. The topological polar surface area (TPSA) is 111 Å². The lowest BCUT2D eigenvalue weighted by Crippen LogP contribution is -2.47. The standard InChI is InChI=1S/C16H14ClN3O5/c1-10(25-12-5-3-2-4-6-12)15(21)18-19-16(22)13-8-7-11(20(23)24)9-14(13)17/h2-10H,1H3,(H,18,21)(H,19,22)/t10-/m1/s1. The number of carbonyl (C=O) groups excluding carboxylic acids is 2. The average molecular weight is 364 g/mol. The molecule has 0 spiro atoms. The summed E-state index contributed by atoms with van der Waals surface area (Å²) in [5, 5.41) is 10.5. The second kappa shape index (κ2) is 8.11. The van der Waals surface area contributed by atoms with Crippen LogP contribution in [0.15, 0.2) is 48.5 Å². The molecule has 1 atom stereocenters. The molecule has 2 aromatic rings. The Bertz CT molecular complexity index is 798. The number of carbonyl (C=O) groups is 2. The Hall–Kier alpha value is -3.13. The van der Waals surface area contributed by atoms with Gasteiger partial charge in [-0.2, -0.15) is 0 Å². The average Bonchev–Trinajstić information content (AvgIpc) is 2.60. The summed E-state index contributed by atoms with van der Waals surface area (Å²) in [5.74, 6) is -0.773. The van der Waals surface area contributed by atoms with E-state index in [1.54, 1.807) is 24.3 Å². The molecule has 0 unspecified atom stereocenters. The highest BCUT2D eigenvalue weighted by Crippen LogP contribution is 2.22. The minimum Gasteiger partial charge on any atom is -0.481 e. The zero-order valence-corrected chi connectivity index (χ0v) is 13.8. The number of rotatable bonds is 5. The fraction of sp³-hybridized carbons (Fsp3) is 0.125. The molecular formula is C16H14ClN3O5. The van der Waals surface area contributed by atoms with Crippen LogP contribution in [-0.4, -0.2) is 22.8 Å². The van der Waals surface area contributed by atoms with E-state index in [0.29, 0.717) is 5.75 Å². The Morgan fingerprint density at radius 2 is 1.84 bits per heavy atom. The molecule has 2 aromatic carbocycles. The largest absolute Gasteiger partial charge is 0.481 e. The van der Waals surface area contributed by atoms with Crippen molar-refractivity contribution in [1.29, 1.82) is 0 Å². The van der Waals surface area contributed by atoms with Gasteiger partial charge in [0.15, 0.2) is 6.10 Å². The number of ether oxygens (including phenoxy) is 1. The maximum absolute atomic E-state index is 12.0. The minimum atomic E-state index is -0.852. The Labute approximate surface area is 147 Å². The van der Waals surface area contributed by atoms with Crippen LogP contribution in [0, 0.1) is 10.1 Å². The minimum absolute atomic E-state index is 0.0100. The van der Waals surface area contributed by atoms with Gasteiger partial charge in [0.1, 0.15) is 5.75 Å². The molecule has 130 valence electrons. The van der Waals surface area contributed by atoms with E-state index in [9.17, 15) is 19.7 Å². The van der Waals surface area contributed by atoms with Gasteiger partial charge in [-0.15, -0.1) is 0 Å². The molecule has 0 saturated carbocycles. The van der Waals surface area contributed by atoms with Crippen LogP contribution in [0.2, 0.25) is 5.02 Å². The van der Waals surface area contributed by atoms with Crippen molar-refractivity contribution < 1.29 is 19.2 Å². The number of hydrogen-bond donors (Lipinski definition) is 2. The predicted octanol–water partition coefficient (Wildman–Crippen LogP) is 2.48. The van der Waals surface area contributed by atoms with Gasteiger partial charge in [-0.3, -0.25) is 30.6 Å². The molecule has 25 heavy (non-hydrogen) atoms. The molecule has 0 aliphatic heterocycles. The summed E-state index contributed by atoms with van der Waals surface area (Å²) in [6, 6.07) is 12.1. The number of para-hydroxylation sites is 1. The third-order valence-electron chi connectivity index (χ3n) is 3.13. The maximum Gasteiger partial charge on any atom is 0.279 e. The highest BCUT2D eigenvalue weighted by molar-refractivity contribution is 6.34. The summed E-state index contributed by atoms with van der Waals surface area (Å²) in [4.78, 5) is 34.0. The molecule has 0 radical (unpaired) electrons. The van der Waals surface area contributed by atoms with E-state index in [4.69, 9.17) is 16.3 Å². The lowest BCUT2D eigenvalue weighted by atomic mass is 10.2. The number of nitrogens with zero attached hydrogens (tertiary/aromatic N) is 1. The Kier molecular flexibility index (Phi) is 5.91. The van der Waals surface area contributed by atoms with Gasteiger partial charge in [-0.05, 0) is 25.1 Å². The number of nitro groups is 1. The number of hydrazine groups is 1. The number of halogens is 1. The highest BCUT2D eigenvalue weighted by atomic mass is 35.5. The Morgan fingerprint density at radius 3 is 2.44 bits per heavy atom. The van der Waals surface area contributed by atoms with Crippen molar-refractivity contribution in [3.8, 4) is 5.75 Å². The number of non-ortho nitro benzene ring substituents is 1. The first kappa shape index (κ1) is 18.2. The van der Waals surface area contributed by atoms with Gasteiger partial charge < -0.3 is 4.74 Å². The molecule has 0 heterocycles. The summed E-state index contributed by atoms with van der Waals surface area (Å²) in [7, 11) is 0. The molecule has 0 aromatic heterocycles. The normalized spacial score (nSPS) is 11.3. The van der Waals surface area contributed by atoms with Gasteiger partial charge in [0, 0.05) is 12.1 Å². The van der Waals surface area contributed by atoms with Crippen LogP contribution < -0.4 is 15.6 Å². The summed E-state index contributed by atoms with van der Waals surface area (Å²) >= 11 is 5.85. The zero-order chi connectivity index (χ0) is 18.4. The van der Waals surface area contributed by atoms with Crippen LogP contribution in [0.25, 0.3) is 0 Å². The van der Waals surface area contributed by atoms with Crippen molar-refractivity contribution in [3.05, 3.63) is 69.2 Å². The molecular weight excluding hydrogens is 350 g/mol.